The molecule has 114 valence electrons. The Balaban J connectivity index is 2.16. The molecule has 0 unspecified atom stereocenters. The van der Waals surface area contributed by atoms with Crippen molar-refractivity contribution in [2.24, 2.45) is 5.92 Å². The van der Waals surface area contributed by atoms with Gasteiger partial charge in [0.1, 0.15) is 11.8 Å². The first kappa shape index (κ1) is 17.0. The second-order valence-corrected chi connectivity index (χ2v) is 5.07. The van der Waals surface area contributed by atoms with Gasteiger partial charge in [0.25, 0.3) is 5.91 Å². The number of rotatable bonds is 9. The molecule has 0 atom stereocenters. The minimum absolute atomic E-state index is 0.0917. The molecule has 1 rings (SSSR count). The first-order valence-electron chi connectivity index (χ1n) is 7.10. The summed E-state index contributed by atoms with van der Waals surface area (Å²) in [5, 5.41) is 11.7. The van der Waals surface area contributed by atoms with Gasteiger partial charge in [-0.1, -0.05) is 26.0 Å². The van der Waals surface area contributed by atoms with Crippen LogP contribution in [0.2, 0.25) is 0 Å². The number of ether oxygens (including phenoxy) is 2. The molecule has 1 N–H and O–H groups in total. The van der Waals surface area contributed by atoms with Gasteiger partial charge in [-0.25, -0.2) is 0 Å². The molecule has 1 aromatic rings. The van der Waals surface area contributed by atoms with Gasteiger partial charge in [-0.2, -0.15) is 5.26 Å². The molecule has 5 heteroatoms. The molecule has 5 nitrogen and oxygen atoms in total. The number of hydrogen-bond donors (Lipinski definition) is 1. The van der Waals surface area contributed by atoms with Crippen molar-refractivity contribution in [2.45, 2.75) is 20.3 Å². The van der Waals surface area contributed by atoms with Crippen LogP contribution in [0, 0.1) is 17.2 Å². The molecule has 0 radical (unpaired) electrons. The Kier molecular flexibility index (Phi) is 7.92. The van der Waals surface area contributed by atoms with E-state index in [4.69, 9.17) is 14.7 Å². The third-order valence-electron chi connectivity index (χ3n) is 2.61. The van der Waals surface area contributed by atoms with E-state index in [1.165, 1.54) is 0 Å². The van der Waals surface area contributed by atoms with Gasteiger partial charge in [0.05, 0.1) is 5.56 Å². The van der Waals surface area contributed by atoms with Gasteiger partial charge in [0.15, 0.2) is 6.61 Å². The average Bonchev–Trinajstić information content (AvgIpc) is 2.48. The van der Waals surface area contributed by atoms with E-state index in [0.717, 1.165) is 13.0 Å². The van der Waals surface area contributed by atoms with Gasteiger partial charge in [0, 0.05) is 19.8 Å². The third kappa shape index (κ3) is 7.33. The van der Waals surface area contributed by atoms with Crippen LogP contribution >= 0.6 is 0 Å². The Morgan fingerprint density at radius 3 is 2.86 bits per heavy atom. The summed E-state index contributed by atoms with van der Waals surface area (Å²) in [6.45, 7) is 6.03. The maximum Gasteiger partial charge on any atom is 0.257 e. The number of nitrogens with zero attached hydrogens (tertiary/aromatic N) is 1. The normalized spacial score (nSPS) is 10.2. The van der Waals surface area contributed by atoms with Gasteiger partial charge in [-0.15, -0.1) is 0 Å². The number of carbonyl (C=O) groups excluding carboxylic acids is 1. The largest absolute Gasteiger partial charge is 0.482 e. The highest BCUT2D eigenvalue weighted by molar-refractivity contribution is 5.77. The van der Waals surface area contributed by atoms with Crippen molar-refractivity contribution in [1.29, 1.82) is 5.26 Å². The molecule has 0 bridgehead atoms. The average molecular weight is 290 g/mol. The molecule has 21 heavy (non-hydrogen) atoms. The highest BCUT2D eigenvalue weighted by Gasteiger charge is 2.05. The molecule has 1 amide bonds. The van der Waals surface area contributed by atoms with Crippen LogP contribution in [-0.2, 0) is 9.53 Å². The van der Waals surface area contributed by atoms with Crippen LogP contribution in [0.4, 0.5) is 0 Å². The van der Waals surface area contributed by atoms with Crippen LogP contribution in [0.15, 0.2) is 24.3 Å². The summed E-state index contributed by atoms with van der Waals surface area (Å²) in [5.41, 5.74) is 0.424. The fourth-order valence-electron chi connectivity index (χ4n) is 1.60. The standard InChI is InChI=1S/C16H22N2O3/c1-13(2)11-20-9-5-8-18-16(19)12-21-15-7-4-3-6-14(15)10-17/h3-4,6-7,13H,5,8-9,11-12H2,1-2H3,(H,18,19). The molecule has 0 saturated heterocycles. The Labute approximate surface area is 125 Å². The van der Waals surface area contributed by atoms with Crippen LogP contribution in [-0.4, -0.2) is 32.3 Å². The Morgan fingerprint density at radius 1 is 1.38 bits per heavy atom. The minimum Gasteiger partial charge on any atom is -0.482 e. The molecular formula is C16H22N2O3. The lowest BCUT2D eigenvalue weighted by molar-refractivity contribution is -0.123. The summed E-state index contributed by atoms with van der Waals surface area (Å²) in [6, 6.07) is 8.86. The van der Waals surface area contributed by atoms with E-state index in [2.05, 4.69) is 19.2 Å². The predicted molar refractivity (Wildman–Crippen MR) is 79.9 cm³/mol. The fraction of sp³-hybridized carbons (Fsp3) is 0.500. The Bertz CT molecular complexity index is 481. The first-order chi connectivity index (χ1) is 10.1. The van der Waals surface area contributed by atoms with E-state index in [0.29, 0.717) is 30.4 Å². The maximum absolute atomic E-state index is 11.6. The van der Waals surface area contributed by atoms with E-state index in [1.54, 1.807) is 24.3 Å². The minimum atomic E-state index is -0.202. The summed E-state index contributed by atoms with van der Waals surface area (Å²) < 4.78 is 10.8. The molecule has 0 fully saturated rings. The first-order valence-corrected chi connectivity index (χ1v) is 7.10. The number of amides is 1. The lowest BCUT2D eigenvalue weighted by atomic mass is 10.2. The van der Waals surface area contributed by atoms with E-state index >= 15 is 0 Å². The van der Waals surface area contributed by atoms with Gasteiger partial charge < -0.3 is 14.8 Å². The van der Waals surface area contributed by atoms with Crippen molar-refractivity contribution >= 4 is 5.91 Å². The zero-order valence-corrected chi connectivity index (χ0v) is 12.6. The predicted octanol–water partition coefficient (Wildman–Crippen LogP) is 2.12. The number of hydrogen-bond acceptors (Lipinski definition) is 4. The molecule has 0 aliphatic carbocycles. The zero-order chi connectivity index (χ0) is 15.5. The molecule has 0 spiro atoms. The monoisotopic (exact) mass is 290 g/mol. The van der Waals surface area contributed by atoms with Crippen LogP contribution in [0.25, 0.3) is 0 Å². The van der Waals surface area contributed by atoms with Gasteiger partial charge in [-0.05, 0) is 24.5 Å². The summed E-state index contributed by atoms with van der Waals surface area (Å²) in [6.07, 6.45) is 0.771. The van der Waals surface area contributed by atoms with E-state index < -0.39 is 0 Å². The Morgan fingerprint density at radius 2 is 2.14 bits per heavy atom. The van der Waals surface area contributed by atoms with Crippen LogP contribution in [0.5, 0.6) is 5.75 Å². The van der Waals surface area contributed by atoms with E-state index in [1.807, 2.05) is 6.07 Å². The van der Waals surface area contributed by atoms with Crippen molar-refractivity contribution in [1.82, 2.24) is 5.32 Å². The summed E-state index contributed by atoms with van der Waals surface area (Å²) in [5.74, 6) is 0.746. The van der Waals surface area contributed by atoms with Crippen molar-refractivity contribution < 1.29 is 14.3 Å². The topological polar surface area (TPSA) is 71.3 Å². The second kappa shape index (κ2) is 9.78. The third-order valence-corrected chi connectivity index (χ3v) is 2.61. The summed E-state index contributed by atoms with van der Waals surface area (Å²) in [4.78, 5) is 11.6. The molecule has 0 saturated carbocycles. The van der Waals surface area contributed by atoms with Gasteiger partial charge in [0.2, 0.25) is 0 Å². The number of nitriles is 1. The number of nitrogens with one attached hydrogen (secondary N) is 1. The van der Waals surface area contributed by atoms with Crippen molar-refractivity contribution in [3.8, 4) is 11.8 Å². The number of para-hydroxylation sites is 1. The second-order valence-electron chi connectivity index (χ2n) is 5.07. The highest BCUT2D eigenvalue weighted by atomic mass is 16.5. The lowest BCUT2D eigenvalue weighted by Gasteiger charge is -2.09. The van der Waals surface area contributed by atoms with Crippen molar-refractivity contribution in [2.75, 3.05) is 26.4 Å². The Hall–Kier alpha value is -2.06. The summed E-state index contributed by atoms with van der Waals surface area (Å²) in [7, 11) is 0. The molecule has 0 aromatic heterocycles. The fourth-order valence-corrected chi connectivity index (χ4v) is 1.60. The van der Waals surface area contributed by atoms with Gasteiger partial charge >= 0.3 is 0 Å². The highest BCUT2D eigenvalue weighted by Crippen LogP contribution is 2.15. The molecule has 1 aromatic carbocycles. The van der Waals surface area contributed by atoms with Crippen LogP contribution in [0.1, 0.15) is 25.8 Å². The van der Waals surface area contributed by atoms with E-state index in [9.17, 15) is 4.79 Å². The zero-order valence-electron chi connectivity index (χ0n) is 12.6. The molecule has 0 aliphatic heterocycles. The van der Waals surface area contributed by atoms with Gasteiger partial charge in [-0.3, -0.25) is 4.79 Å². The summed E-state index contributed by atoms with van der Waals surface area (Å²) >= 11 is 0. The smallest absolute Gasteiger partial charge is 0.257 e. The van der Waals surface area contributed by atoms with Crippen molar-refractivity contribution in [3.63, 3.8) is 0 Å². The van der Waals surface area contributed by atoms with Crippen molar-refractivity contribution in [3.05, 3.63) is 29.8 Å². The van der Waals surface area contributed by atoms with Crippen LogP contribution < -0.4 is 10.1 Å². The maximum atomic E-state index is 11.6. The van der Waals surface area contributed by atoms with E-state index in [-0.39, 0.29) is 12.5 Å². The molecule has 0 aliphatic rings. The SMILES string of the molecule is CC(C)COCCCNC(=O)COc1ccccc1C#N. The lowest BCUT2D eigenvalue weighted by Crippen LogP contribution is -2.30. The molecular weight excluding hydrogens is 268 g/mol. The van der Waals surface area contributed by atoms with Crippen LogP contribution in [0.3, 0.4) is 0 Å². The molecule has 0 heterocycles. The number of benzene rings is 1. The number of carbonyl (C=O) groups is 1. The quantitative estimate of drug-likeness (QED) is 0.707.